The number of hydrogen-bond acceptors (Lipinski definition) is 1. The molecule has 3 rings (SSSR count). The van der Waals surface area contributed by atoms with Gasteiger partial charge in [-0.2, -0.15) is 0 Å². The molecule has 0 amide bonds. The SMILES string of the molecule is C#Cc1ccc(C(CC)CNC(=C)c2cc(C(C)CC3=C(C)CCCC3)c(C)cc2C)cc1. The average Bonchev–Trinajstić information content (AvgIpc) is 2.81. The largest absolute Gasteiger partial charge is 0.384 e. The van der Waals surface area contributed by atoms with E-state index in [1.807, 2.05) is 12.1 Å². The zero-order valence-electron chi connectivity index (χ0n) is 21.4. The Hall–Kier alpha value is -2.72. The highest BCUT2D eigenvalue weighted by Gasteiger charge is 2.18. The van der Waals surface area contributed by atoms with Crippen molar-refractivity contribution < 1.29 is 0 Å². The molecule has 1 aliphatic carbocycles. The molecule has 33 heavy (non-hydrogen) atoms. The minimum absolute atomic E-state index is 0.430. The van der Waals surface area contributed by atoms with Crippen LogP contribution >= 0.6 is 0 Å². The van der Waals surface area contributed by atoms with Gasteiger partial charge in [-0.25, -0.2) is 0 Å². The molecule has 2 aromatic carbocycles. The summed E-state index contributed by atoms with van der Waals surface area (Å²) < 4.78 is 0. The third kappa shape index (κ3) is 6.20. The van der Waals surface area contributed by atoms with Gasteiger partial charge in [0.2, 0.25) is 0 Å². The Bertz CT molecular complexity index is 1050. The zero-order chi connectivity index (χ0) is 24.0. The smallest absolute Gasteiger partial charge is 0.0343 e. The lowest BCUT2D eigenvalue weighted by Crippen LogP contribution is -2.20. The molecule has 0 aromatic heterocycles. The predicted octanol–water partition coefficient (Wildman–Crippen LogP) is 8.42. The number of allylic oxidation sites excluding steroid dienone is 2. The second-order valence-electron chi connectivity index (χ2n) is 9.95. The Morgan fingerprint density at radius 3 is 2.39 bits per heavy atom. The monoisotopic (exact) mass is 439 g/mol. The molecule has 0 heterocycles. The van der Waals surface area contributed by atoms with Gasteiger partial charge in [0.05, 0.1) is 0 Å². The summed E-state index contributed by atoms with van der Waals surface area (Å²) in [5, 5.41) is 3.65. The molecule has 174 valence electrons. The van der Waals surface area contributed by atoms with Gasteiger partial charge in [0.25, 0.3) is 0 Å². The van der Waals surface area contributed by atoms with Crippen molar-refractivity contribution in [3.8, 4) is 12.3 Å². The summed E-state index contributed by atoms with van der Waals surface area (Å²) in [6, 6.07) is 13.1. The van der Waals surface area contributed by atoms with Crippen molar-refractivity contribution in [3.05, 3.63) is 87.5 Å². The first kappa shape index (κ1) is 24.9. The van der Waals surface area contributed by atoms with Gasteiger partial charge in [-0.3, -0.25) is 0 Å². The van der Waals surface area contributed by atoms with Crippen LogP contribution in [0.4, 0.5) is 0 Å². The first-order chi connectivity index (χ1) is 15.8. The quantitative estimate of drug-likeness (QED) is 0.305. The van der Waals surface area contributed by atoms with Gasteiger partial charge in [-0.15, -0.1) is 6.42 Å². The molecule has 2 aromatic rings. The average molecular weight is 440 g/mol. The summed E-state index contributed by atoms with van der Waals surface area (Å²) in [5.74, 6) is 3.66. The number of aryl methyl sites for hydroxylation is 2. The summed E-state index contributed by atoms with van der Waals surface area (Å²) >= 11 is 0. The number of terminal acetylenes is 1. The van der Waals surface area contributed by atoms with Gasteiger partial charge in [-0.1, -0.05) is 55.7 Å². The highest BCUT2D eigenvalue weighted by molar-refractivity contribution is 5.66. The fourth-order valence-electron chi connectivity index (χ4n) is 5.29. The Morgan fingerprint density at radius 1 is 1.06 bits per heavy atom. The zero-order valence-corrected chi connectivity index (χ0v) is 21.4. The van der Waals surface area contributed by atoms with E-state index in [2.05, 4.69) is 76.7 Å². The van der Waals surface area contributed by atoms with Crippen LogP contribution in [0, 0.1) is 26.2 Å². The van der Waals surface area contributed by atoms with Crippen LogP contribution in [0.2, 0.25) is 0 Å². The molecule has 0 fully saturated rings. The number of rotatable bonds is 9. The van der Waals surface area contributed by atoms with E-state index in [9.17, 15) is 0 Å². The molecule has 0 radical (unpaired) electrons. The maximum atomic E-state index is 5.51. The Labute approximate surface area is 202 Å². The molecule has 2 atom stereocenters. The maximum absolute atomic E-state index is 5.51. The van der Waals surface area contributed by atoms with Crippen molar-refractivity contribution in [2.75, 3.05) is 6.54 Å². The van der Waals surface area contributed by atoms with Crippen molar-refractivity contribution in [1.82, 2.24) is 5.32 Å². The second kappa shape index (κ2) is 11.4. The Morgan fingerprint density at radius 2 is 1.76 bits per heavy atom. The van der Waals surface area contributed by atoms with E-state index in [-0.39, 0.29) is 0 Å². The van der Waals surface area contributed by atoms with Gasteiger partial charge in [0.15, 0.2) is 0 Å². The van der Waals surface area contributed by atoms with Crippen LogP contribution < -0.4 is 5.32 Å². The number of benzene rings is 2. The molecular formula is C32H41N. The number of nitrogens with one attached hydrogen (secondary N) is 1. The third-order valence-electron chi connectivity index (χ3n) is 7.51. The van der Waals surface area contributed by atoms with Crippen molar-refractivity contribution in [2.24, 2.45) is 0 Å². The molecule has 1 N–H and O–H groups in total. The fraction of sp³-hybridized carbons (Fsp3) is 0.438. The van der Waals surface area contributed by atoms with Crippen LogP contribution in [0.15, 0.2) is 54.1 Å². The molecule has 0 spiro atoms. The van der Waals surface area contributed by atoms with Gasteiger partial charge in [-0.05, 0) is 106 Å². The van der Waals surface area contributed by atoms with Gasteiger partial charge < -0.3 is 5.32 Å². The van der Waals surface area contributed by atoms with Gasteiger partial charge in [0, 0.05) is 29.3 Å². The standard InChI is InChI=1S/C32H41N/c1-8-27-14-16-29(17-15-27)28(9-2)21-33-26(7)32-20-31(23(4)18-24(32)5)25(6)19-30-13-11-10-12-22(30)3/h1,14-18,20,25,28,33H,7,9-13,19,21H2,2-6H3. The minimum atomic E-state index is 0.430. The van der Waals surface area contributed by atoms with Gasteiger partial charge in [0.1, 0.15) is 0 Å². The van der Waals surface area contributed by atoms with Crippen LogP contribution in [0.25, 0.3) is 5.70 Å². The molecule has 1 heteroatoms. The van der Waals surface area contributed by atoms with E-state index in [4.69, 9.17) is 6.42 Å². The van der Waals surface area contributed by atoms with Crippen LogP contribution in [0.1, 0.15) is 105 Å². The molecule has 0 aliphatic heterocycles. The van der Waals surface area contributed by atoms with Crippen molar-refractivity contribution >= 4 is 5.70 Å². The fourth-order valence-corrected chi connectivity index (χ4v) is 5.29. The summed E-state index contributed by atoms with van der Waals surface area (Å²) in [4.78, 5) is 0. The van der Waals surface area contributed by atoms with Crippen molar-refractivity contribution in [1.29, 1.82) is 0 Å². The second-order valence-corrected chi connectivity index (χ2v) is 9.95. The number of hydrogen-bond donors (Lipinski definition) is 1. The third-order valence-corrected chi connectivity index (χ3v) is 7.51. The lowest BCUT2D eigenvalue weighted by molar-refractivity contribution is 0.617. The molecule has 0 bridgehead atoms. The first-order valence-electron chi connectivity index (χ1n) is 12.6. The highest BCUT2D eigenvalue weighted by Crippen LogP contribution is 2.35. The van der Waals surface area contributed by atoms with E-state index < -0.39 is 0 Å². The van der Waals surface area contributed by atoms with E-state index >= 15 is 0 Å². The van der Waals surface area contributed by atoms with Crippen molar-refractivity contribution in [3.63, 3.8) is 0 Å². The van der Waals surface area contributed by atoms with E-state index in [0.29, 0.717) is 11.8 Å². The van der Waals surface area contributed by atoms with Crippen LogP contribution in [-0.2, 0) is 0 Å². The normalized spacial score (nSPS) is 15.6. The molecule has 0 saturated carbocycles. The Kier molecular flexibility index (Phi) is 8.62. The summed E-state index contributed by atoms with van der Waals surface area (Å²) in [7, 11) is 0. The summed E-state index contributed by atoms with van der Waals surface area (Å²) in [6.45, 7) is 16.7. The van der Waals surface area contributed by atoms with E-state index in [1.165, 1.54) is 59.9 Å². The van der Waals surface area contributed by atoms with E-state index in [1.54, 1.807) is 11.1 Å². The summed E-state index contributed by atoms with van der Waals surface area (Å²) in [6.07, 6.45) is 13.0. The molecule has 0 saturated heterocycles. The van der Waals surface area contributed by atoms with Gasteiger partial charge >= 0.3 is 0 Å². The summed E-state index contributed by atoms with van der Waals surface area (Å²) in [5.41, 5.74) is 12.0. The lowest BCUT2D eigenvalue weighted by atomic mass is 9.82. The minimum Gasteiger partial charge on any atom is -0.384 e. The van der Waals surface area contributed by atoms with Crippen LogP contribution in [-0.4, -0.2) is 6.54 Å². The van der Waals surface area contributed by atoms with Crippen LogP contribution in [0.5, 0.6) is 0 Å². The molecule has 1 nitrogen and oxygen atoms in total. The van der Waals surface area contributed by atoms with Crippen molar-refractivity contribution in [2.45, 2.75) is 85.0 Å². The molecular weight excluding hydrogens is 398 g/mol. The first-order valence-corrected chi connectivity index (χ1v) is 12.6. The molecule has 1 aliphatic rings. The maximum Gasteiger partial charge on any atom is 0.0343 e. The highest BCUT2D eigenvalue weighted by atomic mass is 14.9. The lowest BCUT2D eigenvalue weighted by Gasteiger charge is -2.24. The topological polar surface area (TPSA) is 12.0 Å². The van der Waals surface area contributed by atoms with Crippen LogP contribution in [0.3, 0.4) is 0 Å². The molecule has 2 unspecified atom stereocenters. The predicted molar refractivity (Wildman–Crippen MR) is 145 cm³/mol. The Balaban J connectivity index is 1.73. The van der Waals surface area contributed by atoms with E-state index in [0.717, 1.165) is 24.2 Å².